The van der Waals surface area contributed by atoms with Crippen molar-refractivity contribution in [1.29, 1.82) is 0 Å². The number of benzene rings is 1. The molecule has 1 aromatic carbocycles. The lowest BCUT2D eigenvalue weighted by Crippen LogP contribution is -2.16. The average molecular weight is 274 g/mol. The van der Waals surface area contributed by atoms with E-state index in [2.05, 4.69) is 26.1 Å². The number of hydrogen-bond acceptors (Lipinski definition) is 1. The highest BCUT2D eigenvalue weighted by Gasteiger charge is 2.08. The highest BCUT2D eigenvalue weighted by Crippen LogP contribution is 2.29. The molecule has 1 nitrogen and oxygen atoms in total. The van der Waals surface area contributed by atoms with Crippen LogP contribution in [0.25, 0.3) is 0 Å². The monoisotopic (exact) mass is 273 g/mol. The third-order valence-electron chi connectivity index (χ3n) is 2.83. The fourth-order valence-electron chi connectivity index (χ4n) is 1.68. The van der Waals surface area contributed by atoms with Crippen LogP contribution in [0.5, 0.6) is 0 Å². The van der Waals surface area contributed by atoms with Crippen LogP contribution in [0.2, 0.25) is 10.0 Å². The number of halogens is 2. The van der Waals surface area contributed by atoms with Crippen molar-refractivity contribution in [3.8, 4) is 0 Å². The molecule has 0 fully saturated rings. The van der Waals surface area contributed by atoms with Gasteiger partial charge in [-0.15, -0.1) is 0 Å². The highest BCUT2D eigenvalue weighted by atomic mass is 35.5. The predicted octanol–water partition coefficient (Wildman–Crippen LogP) is 5.54. The second-order valence-corrected chi connectivity index (χ2v) is 5.91. The molecule has 0 aliphatic carbocycles. The van der Waals surface area contributed by atoms with Gasteiger partial charge in [-0.3, -0.25) is 0 Å². The lowest BCUT2D eigenvalue weighted by Gasteiger charge is -2.18. The molecule has 0 heterocycles. The van der Waals surface area contributed by atoms with Crippen molar-refractivity contribution < 1.29 is 0 Å². The molecule has 0 bridgehead atoms. The van der Waals surface area contributed by atoms with E-state index in [1.165, 1.54) is 6.42 Å². The second-order valence-electron chi connectivity index (χ2n) is 5.10. The smallest absolute Gasteiger partial charge is 0.0641 e. The van der Waals surface area contributed by atoms with Gasteiger partial charge in [-0.2, -0.15) is 0 Å². The molecule has 0 spiro atoms. The van der Waals surface area contributed by atoms with Crippen molar-refractivity contribution in [1.82, 2.24) is 0 Å². The zero-order valence-corrected chi connectivity index (χ0v) is 12.5. The quantitative estimate of drug-likeness (QED) is 0.743. The van der Waals surface area contributed by atoms with Crippen molar-refractivity contribution in [2.45, 2.75) is 46.6 Å². The molecule has 0 saturated heterocycles. The zero-order valence-electron chi connectivity index (χ0n) is 11.0. The second kappa shape index (κ2) is 6.51. The van der Waals surface area contributed by atoms with Gasteiger partial charge in [0.2, 0.25) is 0 Å². The van der Waals surface area contributed by atoms with Crippen LogP contribution in [0.4, 0.5) is 5.69 Å². The summed E-state index contributed by atoms with van der Waals surface area (Å²) < 4.78 is 0. The standard InChI is InChI=1S/C14H21Cl2N/c1-9(2)5-6-11(4)17-14-8-12(15)10(3)7-13(14)16/h7-9,11,17H,5-6H2,1-4H3. The first kappa shape index (κ1) is 14.7. The Morgan fingerprint density at radius 3 is 2.29 bits per heavy atom. The van der Waals surface area contributed by atoms with Gasteiger partial charge >= 0.3 is 0 Å². The van der Waals surface area contributed by atoms with Crippen molar-refractivity contribution in [2.75, 3.05) is 5.32 Å². The summed E-state index contributed by atoms with van der Waals surface area (Å²) in [6, 6.07) is 4.22. The van der Waals surface area contributed by atoms with E-state index < -0.39 is 0 Å². The topological polar surface area (TPSA) is 12.0 Å². The first-order valence-corrected chi connectivity index (χ1v) is 6.88. The summed E-state index contributed by atoms with van der Waals surface area (Å²) in [5, 5.41) is 4.91. The number of anilines is 1. The number of hydrogen-bond donors (Lipinski definition) is 1. The normalized spacial score (nSPS) is 12.9. The summed E-state index contributed by atoms with van der Waals surface area (Å²) in [6.07, 6.45) is 2.35. The molecular weight excluding hydrogens is 253 g/mol. The van der Waals surface area contributed by atoms with Gasteiger partial charge in [0.25, 0.3) is 0 Å². The van der Waals surface area contributed by atoms with E-state index in [-0.39, 0.29) is 0 Å². The Morgan fingerprint density at radius 2 is 1.71 bits per heavy atom. The van der Waals surface area contributed by atoms with E-state index in [1.54, 1.807) is 0 Å². The molecule has 1 aromatic rings. The summed E-state index contributed by atoms with van der Waals surface area (Å²) in [5.74, 6) is 0.733. The SMILES string of the molecule is Cc1cc(Cl)c(NC(C)CCC(C)C)cc1Cl. The minimum absolute atomic E-state index is 0.411. The van der Waals surface area contributed by atoms with E-state index in [9.17, 15) is 0 Å². The lowest BCUT2D eigenvalue weighted by atomic mass is 10.0. The van der Waals surface area contributed by atoms with Gasteiger partial charge in [-0.1, -0.05) is 37.0 Å². The van der Waals surface area contributed by atoms with E-state index in [4.69, 9.17) is 23.2 Å². The molecule has 0 aliphatic rings. The summed E-state index contributed by atoms with van der Waals surface area (Å²) in [6.45, 7) is 8.61. The van der Waals surface area contributed by atoms with E-state index in [1.807, 2.05) is 19.1 Å². The van der Waals surface area contributed by atoms with Crippen LogP contribution in [0, 0.1) is 12.8 Å². The molecule has 17 heavy (non-hydrogen) atoms. The summed E-state index contributed by atoms with van der Waals surface area (Å²) in [5.41, 5.74) is 1.94. The first-order chi connectivity index (χ1) is 7.90. The van der Waals surface area contributed by atoms with Gasteiger partial charge in [-0.25, -0.2) is 0 Å². The summed E-state index contributed by atoms with van der Waals surface area (Å²) in [4.78, 5) is 0. The van der Waals surface area contributed by atoms with Crippen molar-refractivity contribution in [2.24, 2.45) is 5.92 Å². The molecule has 0 aliphatic heterocycles. The summed E-state index contributed by atoms with van der Waals surface area (Å²) in [7, 11) is 0. The third-order valence-corrected chi connectivity index (χ3v) is 3.55. The number of aryl methyl sites for hydroxylation is 1. The number of rotatable bonds is 5. The van der Waals surface area contributed by atoms with Gasteiger partial charge < -0.3 is 5.32 Å². The van der Waals surface area contributed by atoms with Crippen LogP contribution in [0.3, 0.4) is 0 Å². The molecular formula is C14H21Cl2N. The Bertz CT molecular complexity index is 375. The largest absolute Gasteiger partial charge is 0.381 e. The minimum atomic E-state index is 0.411. The minimum Gasteiger partial charge on any atom is -0.381 e. The highest BCUT2D eigenvalue weighted by molar-refractivity contribution is 6.35. The van der Waals surface area contributed by atoms with Gasteiger partial charge in [0.15, 0.2) is 0 Å². The van der Waals surface area contributed by atoms with E-state index >= 15 is 0 Å². The van der Waals surface area contributed by atoms with Crippen LogP contribution in [0.15, 0.2) is 12.1 Å². The van der Waals surface area contributed by atoms with Gasteiger partial charge in [0, 0.05) is 11.1 Å². The van der Waals surface area contributed by atoms with Crippen LogP contribution in [-0.4, -0.2) is 6.04 Å². The van der Waals surface area contributed by atoms with Gasteiger partial charge in [-0.05, 0) is 50.3 Å². The Kier molecular flexibility index (Phi) is 5.61. The number of nitrogens with one attached hydrogen (secondary N) is 1. The Balaban J connectivity index is 2.65. The fourth-order valence-corrected chi connectivity index (χ4v) is 2.11. The molecule has 0 radical (unpaired) electrons. The zero-order chi connectivity index (χ0) is 13.0. The molecule has 0 aromatic heterocycles. The first-order valence-electron chi connectivity index (χ1n) is 6.12. The Morgan fingerprint density at radius 1 is 1.06 bits per heavy atom. The third kappa shape index (κ3) is 4.77. The lowest BCUT2D eigenvalue weighted by molar-refractivity contribution is 0.528. The van der Waals surface area contributed by atoms with E-state index in [0.29, 0.717) is 6.04 Å². The summed E-state index contributed by atoms with van der Waals surface area (Å²) >= 11 is 12.3. The maximum atomic E-state index is 6.19. The van der Waals surface area contributed by atoms with Crippen molar-refractivity contribution in [3.05, 3.63) is 27.7 Å². The van der Waals surface area contributed by atoms with Gasteiger partial charge in [0.05, 0.1) is 10.7 Å². The van der Waals surface area contributed by atoms with Crippen LogP contribution in [-0.2, 0) is 0 Å². The molecule has 96 valence electrons. The molecule has 1 N–H and O–H groups in total. The van der Waals surface area contributed by atoms with Crippen LogP contribution < -0.4 is 5.32 Å². The maximum absolute atomic E-state index is 6.19. The molecule has 0 amide bonds. The van der Waals surface area contributed by atoms with Crippen LogP contribution >= 0.6 is 23.2 Å². The van der Waals surface area contributed by atoms with E-state index in [0.717, 1.165) is 33.6 Å². The predicted molar refractivity (Wildman–Crippen MR) is 78.4 cm³/mol. The molecule has 1 unspecified atom stereocenters. The fraction of sp³-hybridized carbons (Fsp3) is 0.571. The van der Waals surface area contributed by atoms with Gasteiger partial charge in [0.1, 0.15) is 0 Å². The average Bonchev–Trinajstić information content (AvgIpc) is 2.23. The van der Waals surface area contributed by atoms with Crippen molar-refractivity contribution >= 4 is 28.9 Å². The van der Waals surface area contributed by atoms with Crippen molar-refractivity contribution in [3.63, 3.8) is 0 Å². The molecule has 3 heteroatoms. The van der Waals surface area contributed by atoms with Crippen LogP contribution in [0.1, 0.15) is 39.2 Å². The molecule has 0 saturated carbocycles. The molecule has 1 rings (SSSR count). The Labute approximate surface area is 115 Å². The molecule has 1 atom stereocenters. The maximum Gasteiger partial charge on any atom is 0.0641 e. The Hall–Kier alpha value is -0.400.